The molecular formula is C22H38FIN4O2. The summed E-state index contributed by atoms with van der Waals surface area (Å²) in [4.78, 5) is 6.64. The van der Waals surface area contributed by atoms with Gasteiger partial charge in [0.2, 0.25) is 0 Å². The van der Waals surface area contributed by atoms with E-state index in [0.717, 1.165) is 50.7 Å². The van der Waals surface area contributed by atoms with Crippen molar-refractivity contribution < 1.29 is 13.9 Å². The summed E-state index contributed by atoms with van der Waals surface area (Å²) in [6.07, 6.45) is 1.15. The summed E-state index contributed by atoms with van der Waals surface area (Å²) in [5.41, 5.74) is 1.49. The van der Waals surface area contributed by atoms with Crippen LogP contribution in [-0.4, -0.2) is 58.1 Å². The molecule has 0 amide bonds. The average molecular weight is 536 g/mol. The molecule has 0 saturated carbocycles. The van der Waals surface area contributed by atoms with Crippen molar-refractivity contribution in [2.24, 2.45) is 10.9 Å². The molecule has 0 aromatic heterocycles. The van der Waals surface area contributed by atoms with Crippen molar-refractivity contribution in [1.29, 1.82) is 0 Å². The van der Waals surface area contributed by atoms with E-state index in [1.54, 1.807) is 6.07 Å². The third kappa shape index (κ3) is 8.93. The molecule has 1 aromatic carbocycles. The number of hydrogen-bond donors (Lipinski definition) is 2. The molecule has 1 aliphatic heterocycles. The third-order valence-corrected chi connectivity index (χ3v) is 4.97. The van der Waals surface area contributed by atoms with Gasteiger partial charge in [0.05, 0.1) is 31.5 Å². The molecule has 0 bridgehead atoms. The van der Waals surface area contributed by atoms with Crippen LogP contribution in [0.2, 0.25) is 0 Å². The second-order valence-electron chi connectivity index (χ2n) is 7.53. The topological polar surface area (TPSA) is 58.1 Å². The maximum absolute atomic E-state index is 14.6. The quantitative estimate of drug-likeness (QED) is 0.271. The minimum Gasteiger partial charge on any atom is -0.378 e. The molecule has 172 valence electrons. The van der Waals surface area contributed by atoms with Crippen LogP contribution in [0.15, 0.2) is 23.2 Å². The van der Waals surface area contributed by atoms with Gasteiger partial charge in [-0.15, -0.1) is 24.0 Å². The number of rotatable bonds is 10. The van der Waals surface area contributed by atoms with Gasteiger partial charge >= 0.3 is 0 Å². The second-order valence-corrected chi connectivity index (χ2v) is 7.53. The molecule has 1 atom stereocenters. The van der Waals surface area contributed by atoms with Gasteiger partial charge in [-0.1, -0.05) is 19.9 Å². The van der Waals surface area contributed by atoms with Crippen molar-refractivity contribution in [3.63, 3.8) is 0 Å². The van der Waals surface area contributed by atoms with Crippen molar-refractivity contribution in [2.75, 3.05) is 50.9 Å². The fraction of sp³-hybridized carbons (Fsp3) is 0.682. The summed E-state index contributed by atoms with van der Waals surface area (Å²) in [5, 5.41) is 6.60. The van der Waals surface area contributed by atoms with Gasteiger partial charge in [0.1, 0.15) is 5.82 Å². The Morgan fingerprint density at radius 2 is 1.97 bits per heavy atom. The van der Waals surface area contributed by atoms with Crippen molar-refractivity contribution in [2.45, 2.75) is 46.8 Å². The number of hydrogen-bond acceptors (Lipinski definition) is 4. The Bertz CT molecular complexity index is 640. The predicted molar refractivity (Wildman–Crippen MR) is 133 cm³/mol. The Labute approximate surface area is 198 Å². The highest BCUT2D eigenvalue weighted by atomic mass is 127. The van der Waals surface area contributed by atoms with Crippen LogP contribution in [0.4, 0.5) is 10.1 Å². The number of aliphatic imine (C=N–C) groups is 1. The summed E-state index contributed by atoms with van der Waals surface area (Å²) >= 11 is 0. The molecule has 1 unspecified atom stereocenters. The smallest absolute Gasteiger partial charge is 0.191 e. The first-order valence-electron chi connectivity index (χ1n) is 10.8. The van der Waals surface area contributed by atoms with E-state index in [1.165, 1.54) is 0 Å². The largest absolute Gasteiger partial charge is 0.378 e. The summed E-state index contributed by atoms with van der Waals surface area (Å²) in [7, 11) is 0. The lowest BCUT2D eigenvalue weighted by molar-refractivity contribution is 0.0258. The minimum atomic E-state index is -0.200. The van der Waals surface area contributed by atoms with Crippen molar-refractivity contribution in [3.05, 3.63) is 29.6 Å². The Morgan fingerprint density at radius 1 is 1.23 bits per heavy atom. The van der Waals surface area contributed by atoms with Gasteiger partial charge in [0.15, 0.2) is 5.96 Å². The van der Waals surface area contributed by atoms with Gasteiger partial charge in [0, 0.05) is 32.8 Å². The zero-order valence-electron chi connectivity index (χ0n) is 18.7. The van der Waals surface area contributed by atoms with Crippen LogP contribution in [0.25, 0.3) is 0 Å². The highest BCUT2D eigenvalue weighted by Crippen LogP contribution is 2.22. The van der Waals surface area contributed by atoms with E-state index in [1.807, 2.05) is 30.9 Å². The average Bonchev–Trinajstić information content (AvgIpc) is 2.72. The Balaban J connectivity index is 0.00000450. The minimum absolute atomic E-state index is 0. The molecule has 0 radical (unpaired) electrons. The van der Waals surface area contributed by atoms with Crippen molar-refractivity contribution in [3.8, 4) is 0 Å². The normalized spacial score (nSPS) is 15.7. The zero-order valence-corrected chi connectivity index (χ0v) is 21.1. The number of morpholine rings is 1. The molecule has 2 N–H and O–H groups in total. The molecule has 0 spiro atoms. The standard InChI is InChI=1S/C22H37FN4O2.HI/c1-5-24-22(25-10-9-21(17(3)4)29-6-2)26-16-18-7-8-20(19(23)15-18)27-11-13-28-14-12-27;/h7-8,15,17,21H,5-6,9-14,16H2,1-4H3,(H2,24,25,26);1H. The van der Waals surface area contributed by atoms with E-state index in [9.17, 15) is 4.39 Å². The fourth-order valence-electron chi connectivity index (χ4n) is 3.38. The van der Waals surface area contributed by atoms with E-state index < -0.39 is 0 Å². The predicted octanol–water partition coefficient (Wildman–Crippen LogP) is 3.79. The van der Waals surface area contributed by atoms with E-state index in [0.29, 0.717) is 31.4 Å². The van der Waals surface area contributed by atoms with Crippen LogP contribution in [0, 0.1) is 11.7 Å². The van der Waals surface area contributed by atoms with Crippen LogP contribution in [-0.2, 0) is 16.0 Å². The highest BCUT2D eigenvalue weighted by Gasteiger charge is 2.15. The summed E-state index contributed by atoms with van der Waals surface area (Å²) in [6, 6.07) is 5.38. The Morgan fingerprint density at radius 3 is 2.57 bits per heavy atom. The maximum Gasteiger partial charge on any atom is 0.191 e. The Kier molecular flexibility index (Phi) is 13.3. The molecule has 1 heterocycles. The first-order valence-corrected chi connectivity index (χ1v) is 10.8. The van der Waals surface area contributed by atoms with Crippen LogP contribution in [0.3, 0.4) is 0 Å². The first kappa shape index (κ1) is 26.9. The highest BCUT2D eigenvalue weighted by molar-refractivity contribution is 14.0. The molecule has 2 rings (SSSR count). The molecule has 6 nitrogen and oxygen atoms in total. The molecule has 8 heteroatoms. The molecule has 1 saturated heterocycles. The summed E-state index contributed by atoms with van der Waals surface area (Å²) in [5.74, 6) is 1.02. The van der Waals surface area contributed by atoms with Crippen LogP contribution < -0.4 is 15.5 Å². The van der Waals surface area contributed by atoms with Crippen LogP contribution >= 0.6 is 24.0 Å². The molecule has 30 heavy (non-hydrogen) atoms. The van der Waals surface area contributed by atoms with Crippen LogP contribution in [0.1, 0.15) is 39.7 Å². The number of nitrogens with one attached hydrogen (secondary N) is 2. The molecule has 1 aliphatic rings. The zero-order chi connectivity index (χ0) is 21.1. The monoisotopic (exact) mass is 536 g/mol. The number of ether oxygens (including phenoxy) is 2. The third-order valence-electron chi connectivity index (χ3n) is 4.97. The lowest BCUT2D eigenvalue weighted by Crippen LogP contribution is -2.39. The van der Waals surface area contributed by atoms with Crippen molar-refractivity contribution in [1.82, 2.24) is 10.6 Å². The molecule has 1 fully saturated rings. The van der Waals surface area contributed by atoms with Gasteiger partial charge in [-0.3, -0.25) is 0 Å². The Hall–Kier alpha value is -1.13. The lowest BCUT2D eigenvalue weighted by atomic mass is 10.0. The summed E-state index contributed by atoms with van der Waals surface area (Å²) in [6.45, 7) is 13.8. The van der Waals surface area contributed by atoms with E-state index in [2.05, 4.69) is 29.5 Å². The van der Waals surface area contributed by atoms with E-state index in [4.69, 9.17) is 9.47 Å². The van der Waals surface area contributed by atoms with E-state index in [-0.39, 0.29) is 35.9 Å². The first-order chi connectivity index (χ1) is 14.0. The van der Waals surface area contributed by atoms with Gasteiger partial charge in [-0.25, -0.2) is 9.38 Å². The van der Waals surface area contributed by atoms with Crippen molar-refractivity contribution >= 4 is 35.6 Å². The second kappa shape index (κ2) is 14.8. The summed E-state index contributed by atoms with van der Waals surface area (Å²) < 4.78 is 25.7. The number of nitrogens with zero attached hydrogens (tertiary/aromatic N) is 2. The fourth-order valence-corrected chi connectivity index (χ4v) is 3.38. The van der Waals surface area contributed by atoms with Gasteiger partial charge in [-0.2, -0.15) is 0 Å². The lowest BCUT2D eigenvalue weighted by Gasteiger charge is -2.29. The number of guanidine groups is 1. The molecule has 0 aliphatic carbocycles. The van der Waals surface area contributed by atoms with Gasteiger partial charge < -0.3 is 25.0 Å². The van der Waals surface area contributed by atoms with Gasteiger partial charge in [-0.05, 0) is 43.9 Å². The maximum atomic E-state index is 14.6. The molecular weight excluding hydrogens is 498 g/mol. The number of benzene rings is 1. The SMILES string of the molecule is CCNC(=NCc1ccc(N2CCOCC2)c(F)c1)NCCC(OCC)C(C)C.I. The van der Waals surface area contributed by atoms with Gasteiger partial charge in [0.25, 0.3) is 0 Å². The van der Waals surface area contributed by atoms with E-state index >= 15 is 0 Å². The number of anilines is 1. The van der Waals surface area contributed by atoms with Crippen LogP contribution in [0.5, 0.6) is 0 Å². The number of halogens is 2. The molecule has 1 aromatic rings.